The van der Waals surface area contributed by atoms with E-state index in [2.05, 4.69) is 103 Å². The average molecular weight is 473 g/mol. The SMILES string of the molecule is c1ccc(-c2nc(-c3cccc4cc5c(cc34)oc3ccccc35)nc3c2ccc2ccccc23)cc1. The molecule has 0 amide bonds. The number of rotatable bonds is 2. The lowest BCUT2D eigenvalue weighted by atomic mass is 9.99. The molecule has 6 aromatic carbocycles. The molecule has 8 rings (SSSR count). The summed E-state index contributed by atoms with van der Waals surface area (Å²) in [6.07, 6.45) is 0. The van der Waals surface area contributed by atoms with E-state index in [4.69, 9.17) is 14.4 Å². The molecule has 37 heavy (non-hydrogen) atoms. The van der Waals surface area contributed by atoms with Gasteiger partial charge in [-0.2, -0.15) is 0 Å². The molecule has 0 saturated heterocycles. The molecule has 3 heteroatoms. The number of para-hydroxylation sites is 1. The minimum Gasteiger partial charge on any atom is -0.456 e. The Labute approximate surface area is 212 Å². The Bertz CT molecular complexity index is 2140. The lowest BCUT2D eigenvalue weighted by Gasteiger charge is -2.13. The summed E-state index contributed by atoms with van der Waals surface area (Å²) in [6, 6.07) is 42.0. The molecule has 0 fully saturated rings. The van der Waals surface area contributed by atoms with Crippen molar-refractivity contribution in [2.45, 2.75) is 0 Å². The van der Waals surface area contributed by atoms with Gasteiger partial charge in [-0.1, -0.05) is 97.1 Å². The average Bonchev–Trinajstić information content (AvgIpc) is 3.33. The first-order valence-corrected chi connectivity index (χ1v) is 12.4. The largest absolute Gasteiger partial charge is 0.456 e. The Morgan fingerprint density at radius 3 is 2.16 bits per heavy atom. The van der Waals surface area contributed by atoms with Crippen LogP contribution in [-0.4, -0.2) is 9.97 Å². The molecule has 0 N–H and O–H groups in total. The highest BCUT2D eigenvalue weighted by Crippen LogP contribution is 2.38. The number of aromatic nitrogens is 2. The van der Waals surface area contributed by atoms with E-state index in [1.807, 2.05) is 18.2 Å². The molecule has 0 unspecified atom stereocenters. The first-order valence-electron chi connectivity index (χ1n) is 12.4. The molecular weight excluding hydrogens is 452 g/mol. The normalized spacial score (nSPS) is 11.8. The molecule has 0 atom stereocenters. The van der Waals surface area contributed by atoms with E-state index in [0.29, 0.717) is 5.82 Å². The molecule has 0 radical (unpaired) electrons. The zero-order valence-corrected chi connectivity index (χ0v) is 19.8. The summed E-state index contributed by atoms with van der Waals surface area (Å²) in [5.41, 5.74) is 5.74. The minimum atomic E-state index is 0.712. The van der Waals surface area contributed by atoms with Gasteiger partial charge in [0.25, 0.3) is 0 Å². The second kappa shape index (κ2) is 7.74. The summed E-state index contributed by atoms with van der Waals surface area (Å²) < 4.78 is 6.23. The van der Waals surface area contributed by atoms with Crippen molar-refractivity contribution in [2.24, 2.45) is 0 Å². The van der Waals surface area contributed by atoms with Gasteiger partial charge in [-0.3, -0.25) is 0 Å². The predicted molar refractivity (Wildman–Crippen MR) is 153 cm³/mol. The summed E-state index contributed by atoms with van der Waals surface area (Å²) in [5.74, 6) is 0.712. The zero-order chi connectivity index (χ0) is 24.3. The van der Waals surface area contributed by atoms with Crippen LogP contribution in [0.4, 0.5) is 0 Å². The summed E-state index contributed by atoms with van der Waals surface area (Å²) >= 11 is 0. The quantitative estimate of drug-likeness (QED) is 0.235. The van der Waals surface area contributed by atoms with Crippen molar-refractivity contribution in [3.8, 4) is 22.6 Å². The predicted octanol–water partition coefficient (Wildman–Crippen LogP) is 9.17. The molecular formula is C34H20N2O. The van der Waals surface area contributed by atoms with Gasteiger partial charge < -0.3 is 4.42 Å². The Morgan fingerprint density at radius 2 is 1.24 bits per heavy atom. The van der Waals surface area contributed by atoms with Gasteiger partial charge in [0.05, 0.1) is 11.2 Å². The van der Waals surface area contributed by atoms with Crippen LogP contribution in [0.5, 0.6) is 0 Å². The number of hydrogen-bond acceptors (Lipinski definition) is 3. The third-order valence-electron chi connectivity index (χ3n) is 7.26. The molecule has 172 valence electrons. The van der Waals surface area contributed by atoms with E-state index < -0.39 is 0 Å². The fourth-order valence-electron chi connectivity index (χ4n) is 5.49. The fourth-order valence-corrected chi connectivity index (χ4v) is 5.49. The van der Waals surface area contributed by atoms with E-state index in [0.717, 1.165) is 65.8 Å². The van der Waals surface area contributed by atoms with Gasteiger partial charge in [-0.15, -0.1) is 0 Å². The maximum Gasteiger partial charge on any atom is 0.161 e. The van der Waals surface area contributed by atoms with Crippen molar-refractivity contribution < 1.29 is 4.42 Å². The van der Waals surface area contributed by atoms with Crippen LogP contribution in [0.25, 0.3) is 77.0 Å². The molecule has 0 spiro atoms. The highest BCUT2D eigenvalue weighted by molar-refractivity contribution is 6.13. The Hall–Kier alpha value is -5.02. The van der Waals surface area contributed by atoms with Gasteiger partial charge in [0.15, 0.2) is 5.82 Å². The first-order chi connectivity index (χ1) is 18.3. The molecule has 3 nitrogen and oxygen atoms in total. The molecule has 2 aromatic heterocycles. The van der Waals surface area contributed by atoms with Crippen molar-refractivity contribution in [1.82, 2.24) is 9.97 Å². The lowest BCUT2D eigenvalue weighted by Crippen LogP contribution is -1.96. The van der Waals surface area contributed by atoms with Crippen LogP contribution in [0, 0.1) is 0 Å². The van der Waals surface area contributed by atoms with E-state index in [1.54, 1.807) is 0 Å². The number of benzene rings is 6. The van der Waals surface area contributed by atoms with Gasteiger partial charge >= 0.3 is 0 Å². The van der Waals surface area contributed by atoms with Crippen LogP contribution < -0.4 is 0 Å². The van der Waals surface area contributed by atoms with Gasteiger partial charge in [-0.25, -0.2) is 9.97 Å². The number of fused-ring (bicyclic) bond motifs is 7. The molecule has 0 bridgehead atoms. The third-order valence-corrected chi connectivity index (χ3v) is 7.26. The van der Waals surface area contributed by atoms with Crippen LogP contribution in [0.2, 0.25) is 0 Å². The summed E-state index contributed by atoms with van der Waals surface area (Å²) in [4.78, 5) is 10.4. The van der Waals surface area contributed by atoms with Gasteiger partial charge in [0.1, 0.15) is 11.2 Å². The zero-order valence-electron chi connectivity index (χ0n) is 19.8. The fraction of sp³-hybridized carbons (Fsp3) is 0. The van der Waals surface area contributed by atoms with Crippen LogP contribution in [0.1, 0.15) is 0 Å². The summed E-state index contributed by atoms with van der Waals surface area (Å²) in [7, 11) is 0. The maximum atomic E-state index is 6.23. The van der Waals surface area contributed by atoms with Gasteiger partial charge in [0, 0.05) is 32.7 Å². The highest BCUT2D eigenvalue weighted by atomic mass is 16.3. The summed E-state index contributed by atoms with van der Waals surface area (Å²) in [5, 5.41) is 7.81. The Kier molecular flexibility index (Phi) is 4.23. The van der Waals surface area contributed by atoms with Crippen molar-refractivity contribution in [1.29, 1.82) is 0 Å². The van der Waals surface area contributed by atoms with Crippen molar-refractivity contribution >= 4 is 54.4 Å². The molecule has 8 aromatic rings. The number of nitrogens with zero attached hydrogens (tertiary/aromatic N) is 2. The van der Waals surface area contributed by atoms with Crippen LogP contribution >= 0.6 is 0 Å². The van der Waals surface area contributed by atoms with Gasteiger partial charge in [0.2, 0.25) is 0 Å². The van der Waals surface area contributed by atoms with Crippen LogP contribution in [0.3, 0.4) is 0 Å². The van der Waals surface area contributed by atoms with E-state index >= 15 is 0 Å². The Morgan fingerprint density at radius 1 is 0.459 bits per heavy atom. The minimum absolute atomic E-state index is 0.712. The number of hydrogen-bond donors (Lipinski definition) is 0. The molecule has 2 heterocycles. The van der Waals surface area contributed by atoms with Crippen molar-refractivity contribution in [3.63, 3.8) is 0 Å². The standard InChI is InChI=1S/C34H20N2O/c1-2-10-22(11-3-1)32-27-18-17-21-9-4-5-13-24(21)33(27)36-34(35-32)26-15-8-12-23-19-29-25-14-6-7-16-30(25)37-31(29)20-28(23)26/h1-20H. The molecule has 0 saturated carbocycles. The number of furan rings is 1. The van der Waals surface area contributed by atoms with Gasteiger partial charge in [-0.05, 0) is 40.4 Å². The summed E-state index contributed by atoms with van der Waals surface area (Å²) in [6.45, 7) is 0. The van der Waals surface area contributed by atoms with Crippen LogP contribution in [-0.2, 0) is 0 Å². The lowest BCUT2D eigenvalue weighted by molar-refractivity contribution is 0.669. The molecule has 0 aliphatic carbocycles. The smallest absolute Gasteiger partial charge is 0.161 e. The molecule has 0 aliphatic heterocycles. The highest BCUT2D eigenvalue weighted by Gasteiger charge is 2.16. The topological polar surface area (TPSA) is 38.9 Å². The molecule has 0 aliphatic rings. The monoisotopic (exact) mass is 472 g/mol. The maximum absolute atomic E-state index is 6.23. The van der Waals surface area contributed by atoms with E-state index in [1.165, 1.54) is 5.39 Å². The van der Waals surface area contributed by atoms with E-state index in [9.17, 15) is 0 Å². The van der Waals surface area contributed by atoms with Crippen molar-refractivity contribution in [3.05, 3.63) is 121 Å². The second-order valence-corrected chi connectivity index (χ2v) is 9.42. The first kappa shape index (κ1) is 20.2. The van der Waals surface area contributed by atoms with E-state index in [-0.39, 0.29) is 0 Å². The van der Waals surface area contributed by atoms with Crippen LogP contribution in [0.15, 0.2) is 126 Å². The second-order valence-electron chi connectivity index (χ2n) is 9.42. The van der Waals surface area contributed by atoms with Crippen molar-refractivity contribution in [2.75, 3.05) is 0 Å². The Balaban J connectivity index is 1.47. The third kappa shape index (κ3) is 3.08.